The van der Waals surface area contributed by atoms with Gasteiger partial charge in [-0.1, -0.05) is 29.3 Å². The van der Waals surface area contributed by atoms with E-state index in [1.807, 2.05) is 0 Å². The number of aromatic carboxylic acids is 1. The number of carbonyl (C=O) groups is 1. The summed E-state index contributed by atoms with van der Waals surface area (Å²) in [5.74, 6) is -0.985. The van der Waals surface area contributed by atoms with Gasteiger partial charge in [-0.2, -0.15) is 0 Å². The Morgan fingerprint density at radius 1 is 1.17 bits per heavy atom. The van der Waals surface area contributed by atoms with E-state index in [0.29, 0.717) is 21.4 Å². The summed E-state index contributed by atoms with van der Waals surface area (Å²) < 4.78 is 0. The molecule has 0 amide bonds. The zero-order valence-corrected chi connectivity index (χ0v) is 11.0. The van der Waals surface area contributed by atoms with Crippen molar-refractivity contribution in [2.45, 2.75) is 6.92 Å². The van der Waals surface area contributed by atoms with Crippen LogP contribution in [-0.4, -0.2) is 16.1 Å². The maximum atomic E-state index is 10.9. The largest absolute Gasteiger partial charge is 0.478 e. The molecule has 92 valence electrons. The molecule has 0 bridgehead atoms. The van der Waals surface area contributed by atoms with Crippen molar-refractivity contribution in [2.24, 2.45) is 0 Å². The Labute approximate surface area is 114 Å². The standard InChI is InChI=1S/C13H9Cl2NO2/c1-7-9(13(17)18)3-5-12(16-7)8-2-4-10(14)11(15)6-8/h2-6H,1H3,(H,17,18). The van der Waals surface area contributed by atoms with Crippen molar-refractivity contribution in [1.82, 2.24) is 4.98 Å². The van der Waals surface area contributed by atoms with Crippen molar-refractivity contribution >= 4 is 29.2 Å². The summed E-state index contributed by atoms with van der Waals surface area (Å²) in [6.45, 7) is 1.66. The van der Waals surface area contributed by atoms with E-state index in [9.17, 15) is 4.79 Å². The molecule has 1 aromatic heterocycles. The first-order valence-electron chi connectivity index (χ1n) is 5.15. The Morgan fingerprint density at radius 3 is 2.44 bits per heavy atom. The molecule has 0 aliphatic rings. The van der Waals surface area contributed by atoms with Crippen molar-refractivity contribution in [3.8, 4) is 11.3 Å². The second-order valence-electron chi connectivity index (χ2n) is 3.76. The highest BCUT2D eigenvalue weighted by molar-refractivity contribution is 6.42. The predicted octanol–water partition coefficient (Wildman–Crippen LogP) is 4.06. The number of carboxylic acids is 1. The summed E-state index contributed by atoms with van der Waals surface area (Å²) in [5, 5.41) is 9.84. The number of hydrogen-bond acceptors (Lipinski definition) is 2. The van der Waals surface area contributed by atoms with E-state index in [2.05, 4.69) is 4.98 Å². The normalized spacial score (nSPS) is 10.4. The third-order valence-electron chi connectivity index (χ3n) is 2.53. The van der Waals surface area contributed by atoms with Crippen molar-refractivity contribution < 1.29 is 9.90 Å². The zero-order chi connectivity index (χ0) is 13.3. The number of rotatable bonds is 2. The van der Waals surface area contributed by atoms with Gasteiger partial charge in [0, 0.05) is 5.56 Å². The molecule has 1 aromatic carbocycles. The first-order chi connectivity index (χ1) is 8.49. The second-order valence-corrected chi connectivity index (χ2v) is 4.58. The fraction of sp³-hybridized carbons (Fsp3) is 0.0769. The molecular formula is C13H9Cl2NO2. The lowest BCUT2D eigenvalue weighted by atomic mass is 10.1. The zero-order valence-electron chi connectivity index (χ0n) is 9.45. The van der Waals surface area contributed by atoms with E-state index in [-0.39, 0.29) is 5.56 Å². The molecule has 2 rings (SSSR count). The smallest absolute Gasteiger partial charge is 0.337 e. The minimum absolute atomic E-state index is 0.193. The van der Waals surface area contributed by atoms with Gasteiger partial charge in [0.15, 0.2) is 0 Å². The van der Waals surface area contributed by atoms with Gasteiger partial charge in [0.05, 0.1) is 27.0 Å². The van der Waals surface area contributed by atoms with Crippen molar-refractivity contribution in [2.75, 3.05) is 0 Å². The number of aryl methyl sites for hydroxylation is 1. The summed E-state index contributed by atoms with van der Waals surface area (Å²) >= 11 is 11.8. The number of aromatic nitrogens is 1. The predicted molar refractivity (Wildman–Crippen MR) is 71.4 cm³/mol. The Kier molecular flexibility index (Phi) is 3.55. The molecule has 0 spiro atoms. The van der Waals surface area contributed by atoms with E-state index in [1.54, 1.807) is 31.2 Å². The van der Waals surface area contributed by atoms with Crippen LogP contribution in [0.25, 0.3) is 11.3 Å². The van der Waals surface area contributed by atoms with Gasteiger partial charge < -0.3 is 5.11 Å². The van der Waals surface area contributed by atoms with Crippen LogP contribution >= 0.6 is 23.2 Å². The van der Waals surface area contributed by atoms with E-state index in [0.717, 1.165) is 5.56 Å². The Bertz CT molecular complexity index is 626. The molecule has 0 unspecified atom stereocenters. The van der Waals surface area contributed by atoms with E-state index in [1.165, 1.54) is 6.07 Å². The third-order valence-corrected chi connectivity index (χ3v) is 3.27. The maximum Gasteiger partial charge on any atom is 0.337 e. The highest BCUT2D eigenvalue weighted by Crippen LogP contribution is 2.28. The lowest BCUT2D eigenvalue weighted by Crippen LogP contribution is -2.02. The molecule has 0 fully saturated rings. The summed E-state index contributed by atoms with van der Waals surface area (Å²) in [4.78, 5) is 15.1. The van der Waals surface area contributed by atoms with Gasteiger partial charge in [-0.15, -0.1) is 0 Å². The monoisotopic (exact) mass is 281 g/mol. The number of hydrogen-bond donors (Lipinski definition) is 1. The van der Waals surface area contributed by atoms with Crippen LogP contribution in [0.5, 0.6) is 0 Å². The number of halogens is 2. The van der Waals surface area contributed by atoms with Gasteiger partial charge >= 0.3 is 5.97 Å². The van der Waals surface area contributed by atoms with Crippen molar-refractivity contribution in [1.29, 1.82) is 0 Å². The summed E-state index contributed by atoms with van der Waals surface area (Å²) in [6.07, 6.45) is 0. The molecule has 0 atom stereocenters. The van der Waals surface area contributed by atoms with Gasteiger partial charge in [0.25, 0.3) is 0 Å². The average Bonchev–Trinajstić information content (AvgIpc) is 2.32. The minimum atomic E-state index is -0.985. The first kappa shape index (κ1) is 12.9. The van der Waals surface area contributed by atoms with E-state index in [4.69, 9.17) is 28.3 Å². The number of pyridine rings is 1. The molecule has 2 aromatic rings. The van der Waals surface area contributed by atoms with Crippen LogP contribution in [0.3, 0.4) is 0 Å². The van der Waals surface area contributed by atoms with Crippen molar-refractivity contribution in [3.63, 3.8) is 0 Å². The maximum absolute atomic E-state index is 10.9. The lowest BCUT2D eigenvalue weighted by Gasteiger charge is -2.06. The van der Waals surface area contributed by atoms with Gasteiger partial charge in [-0.3, -0.25) is 4.98 Å². The summed E-state index contributed by atoms with van der Waals surface area (Å²) in [6, 6.07) is 8.35. The van der Waals surface area contributed by atoms with Crippen LogP contribution in [0.1, 0.15) is 16.1 Å². The molecule has 18 heavy (non-hydrogen) atoms. The highest BCUT2D eigenvalue weighted by Gasteiger charge is 2.10. The third kappa shape index (κ3) is 2.47. The summed E-state index contributed by atoms with van der Waals surface area (Å²) in [7, 11) is 0. The fourth-order valence-electron chi connectivity index (χ4n) is 1.60. The Hall–Kier alpha value is -1.58. The Balaban J connectivity index is 2.48. The molecule has 5 heteroatoms. The van der Waals surface area contributed by atoms with Crippen LogP contribution in [-0.2, 0) is 0 Å². The van der Waals surface area contributed by atoms with Crippen LogP contribution in [0, 0.1) is 6.92 Å². The number of nitrogens with zero attached hydrogens (tertiary/aromatic N) is 1. The Morgan fingerprint density at radius 2 is 1.89 bits per heavy atom. The molecule has 0 aliphatic heterocycles. The van der Waals surface area contributed by atoms with E-state index >= 15 is 0 Å². The molecule has 0 aliphatic carbocycles. The molecule has 0 radical (unpaired) electrons. The van der Waals surface area contributed by atoms with E-state index < -0.39 is 5.97 Å². The molecular weight excluding hydrogens is 273 g/mol. The summed E-state index contributed by atoms with van der Waals surface area (Å²) in [5.41, 5.74) is 2.12. The minimum Gasteiger partial charge on any atom is -0.478 e. The van der Waals surface area contributed by atoms with Crippen LogP contribution < -0.4 is 0 Å². The molecule has 3 nitrogen and oxygen atoms in total. The molecule has 1 heterocycles. The number of benzene rings is 1. The second kappa shape index (κ2) is 4.96. The topological polar surface area (TPSA) is 50.2 Å². The van der Waals surface area contributed by atoms with Gasteiger partial charge in [0.2, 0.25) is 0 Å². The average molecular weight is 282 g/mol. The SMILES string of the molecule is Cc1nc(-c2ccc(Cl)c(Cl)c2)ccc1C(=O)O. The van der Waals surface area contributed by atoms with Crippen LogP contribution in [0.2, 0.25) is 10.0 Å². The van der Waals surface area contributed by atoms with Gasteiger partial charge in [0.1, 0.15) is 0 Å². The highest BCUT2D eigenvalue weighted by atomic mass is 35.5. The van der Waals surface area contributed by atoms with Crippen LogP contribution in [0.4, 0.5) is 0 Å². The van der Waals surface area contributed by atoms with Gasteiger partial charge in [-0.05, 0) is 31.2 Å². The molecule has 1 N–H and O–H groups in total. The number of carboxylic acid groups (broad SMARTS) is 1. The molecule has 0 saturated heterocycles. The quantitative estimate of drug-likeness (QED) is 0.903. The van der Waals surface area contributed by atoms with Gasteiger partial charge in [-0.25, -0.2) is 4.79 Å². The van der Waals surface area contributed by atoms with Crippen LogP contribution in [0.15, 0.2) is 30.3 Å². The fourth-order valence-corrected chi connectivity index (χ4v) is 1.90. The lowest BCUT2D eigenvalue weighted by molar-refractivity contribution is 0.0695. The molecule has 0 saturated carbocycles. The first-order valence-corrected chi connectivity index (χ1v) is 5.91. The van der Waals surface area contributed by atoms with Crippen molar-refractivity contribution in [3.05, 3.63) is 51.6 Å².